The largest absolute Gasteiger partial charge is 0.472 e. The Morgan fingerprint density at radius 1 is 1.69 bits per heavy atom. The Kier molecular flexibility index (Phi) is 3.30. The molecule has 5 atom stereocenters. The van der Waals surface area contributed by atoms with Crippen LogP contribution >= 0.6 is 0 Å². The van der Waals surface area contributed by atoms with Crippen LogP contribution in [0.2, 0.25) is 0 Å². The van der Waals surface area contributed by atoms with Crippen LogP contribution < -0.4 is 0 Å². The molecule has 1 aliphatic heterocycles. The zero-order chi connectivity index (χ0) is 11.7. The first-order chi connectivity index (χ1) is 7.69. The fourth-order valence-corrected chi connectivity index (χ4v) is 2.91. The third-order valence-electron chi connectivity index (χ3n) is 3.60. The Labute approximate surface area is 95.2 Å². The van der Waals surface area contributed by atoms with Crippen LogP contribution in [-0.4, -0.2) is 30.4 Å². The summed E-state index contributed by atoms with van der Waals surface area (Å²) in [5, 5.41) is 9.97. The maximum atomic E-state index is 10.9. The van der Waals surface area contributed by atoms with Gasteiger partial charge < -0.3 is 14.6 Å². The molecular weight excluding hydrogens is 208 g/mol. The van der Waals surface area contributed by atoms with Crippen LogP contribution in [-0.2, 0) is 14.3 Å². The lowest BCUT2D eigenvalue weighted by atomic mass is 9.83. The molecule has 16 heavy (non-hydrogen) atoms. The Bertz CT molecular complexity index is 299. The summed E-state index contributed by atoms with van der Waals surface area (Å²) in [6.07, 6.45) is 2.14. The van der Waals surface area contributed by atoms with Crippen molar-refractivity contribution in [1.82, 2.24) is 0 Å². The first kappa shape index (κ1) is 11.6. The van der Waals surface area contributed by atoms with Crippen LogP contribution in [0.15, 0.2) is 11.8 Å². The minimum absolute atomic E-state index is 0.0835. The predicted octanol–water partition coefficient (Wildman–Crippen LogP) is 1.10. The van der Waals surface area contributed by atoms with Gasteiger partial charge in [-0.3, -0.25) is 4.79 Å². The van der Waals surface area contributed by atoms with Crippen LogP contribution in [0.3, 0.4) is 0 Å². The van der Waals surface area contributed by atoms with Gasteiger partial charge in [0.2, 0.25) is 6.29 Å². The highest BCUT2D eigenvalue weighted by Crippen LogP contribution is 2.46. The summed E-state index contributed by atoms with van der Waals surface area (Å²) in [6, 6.07) is 0. The number of fused-ring (bicyclic) bond motifs is 1. The van der Waals surface area contributed by atoms with E-state index in [4.69, 9.17) is 9.47 Å². The number of aliphatic hydroxyl groups excluding tert-OH is 1. The molecule has 0 spiro atoms. The van der Waals surface area contributed by atoms with Crippen LogP contribution in [0.5, 0.6) is 0 Å². The first-order valence-corrected chi connectivity index (χ1v) is 5.79. The van der Waals surface area contributed by atoms with Crippen LogP contribution in [0, 0.1) is 17.8 Å². The third kappa shape index (κ3) is 1.76. The smallest absolute Gasteiger partial charge is 0.202 e. The second kappa shape index (κ2) is 4.55. The number of carbonyl (C=O) groups is 1. The molecule has 1 aliphatic carbocycles. The van der Waals surface area contributed by atoms with Crippen LogP contribution in [0.1, 0.15) is 20.3 Å². The molecule has 0 unspecified atom stereocenters. The third-order valence-corrected chi connectivity index (χ3v) is 3.60. The van der Waals surface area contributed by atoms with Crippen molar-refractivity contribution in [3.8, 4) is 0 Å². The number of rotatable bonds is 3. The summed E-state index contributed by atoms with van der Waals surface area (Å²) in [6.45, 7) is 4.55. The maximum absolute atomic E-state index is 10.9. The lowest BCUT2D eigenvalue weighted by Gasteiger charge is -2.34. The van der Waals surface area contributed by atoms with E-state index < -0.39 is 6.10 Å². The highest BCUT2D eigenvalue weighted by molar-refractivity contribution is 5.74. The van der Waals surface area contributed by atoms with E-state index in [0.29, 0.717) is 24.5 Å². The van der Waals surface area contributed by atoms with Gasteiger partial charge >= 0.3 is 0 Å². The van der Waals surface area contributed by atoms with Crippen LogP contribution in [0.4, 0.5) is 0 Å². The van der Waals surface area contributed by atoms with Gasteiger partial charge in [0.25, 0.3) is 0 Å². The quantitative estimate of drug-likeness (QED) is 0.732. The number of carbonyl (C=O) groups excluding carboxylic acids is 1. The molecule has 1 heterocycles. The Morgan fingerprint density at radius 3 is 3.06 bits per heavy atom. The maximum Gasteiger partial charge on any atom is 0.202 e. The van der Waals surface area contributed by atoms with E-state index in [-0.39, 0.29) is 18.1 Å². The fourth-order valence-electron chi connectivity index (χ4n) is 2.91. The number of ether oxygens (including phenoxy) is 2. The monoisotopic (exact) mass is 226 g/mol. The van der Waals surface area contributed by atoms with Crippen molar-refractivity contribution in [2.75, 3.05) is 6.61 Å². The molecule has 4 nitrogen and oxygen atoms in total. The summed E-state index contributed by atoms with van der Waals surface area (Å²) < 4.78 is 10.9. The number of aldehydes is 1. The van der Waals surface area contributed by atoms with Gasteiger partial charge in [-0.05, 0) is 19.3 Å². The summed E-state index contributed by atoms with van der Waals surface area (Å²) >= 11 is 0. The van der Waals surface area contributed by atoms with Crippen molar-refractivity contribution < 1.29 is 19.4 Å². The molecule has 0 aromatic heterocycles. The van der Waals surface area contributed by atoms with E-state index in [1.807, 2.05) is 6.92 Å². The lowest BCUT2D eigenvalue weighted by molar-refractivity contribution is -0.163. The fraction of sp³-hybridized carbons (Fsp3) is 0.750. The molecule has 0 aromatic rings. The van der Waals surface area contributed by atoms with Gasteiger partial charge in [-0.2, -0.15) is 0 Å². The van der Waals surface area contributed by atoms with Crippen LogP contribution in [0.25, 0.3) is 0 Å². The van der Waals surface area contributed by atoms with Crippen molar-refractivity contribution in [2.24, 2.45) is 17.8 Å². The standard InChI is InChI=1S/C12H18O4/c1-3-15-12-10-7(2)4-9(14)11(10)8(5-13)6-16-12/h5-7,9-12,14H,3-4H2,1-2H3/t7-,9-,10-,11+,12-/m1/s1. The second-order valence-electron chi connectivity index (χ2n) is 4.58. The summed E-state index contributed by atoms with van der Waals surface area (Å²) in [7, 11) is 0. The zero-order valence-corrected chi connectivity index (χ0v) is 9.63. The number of hydrogen-bond donors (Lipinski definition) is 1. The topological polar surface area (TPSA) is 55.8 Å². The van der Waals surface area contributed by atoms with Gasteiger partial charge in [-0.25, -0.2) is 0 Å². The lowest BCUT2D eigenvalue weighted by Crippen LogP contribution is -2.38. The van der Waals surface area contributed by atoms with Gasteiger partial charge in [0.05, 0.1) is 12.4 Å². The molecule has 0 amide bonds. The average molecular weight is 226 g/mol. The minimum Gasteiger partial charge on any atom is -0.472 e. The first-order valence-electron chi connectivity index (χ1n) is 5.79. The van der Waals surface area contributed by atoms with E-state index in [9.17, 15) is 9.90 Å². The molecule has 0 saturated heterocycles. The Morgan fingerprint density at radius 2 is 2.44 bits per heavy atom. The van der Waals surface area contributed by atoms with E-state index in [1.165, 1.54) is 6.26 Å². The van der Waals surface area contributed by atoms with Crippen molar-refractivity contribution in [3.63, 3.8) is 0 Å². The summed E-state index contributed by atoms with van der Waals surface area (Å²) in [5.41, 5.74) is 0.554. The van der Waals surface area contributed by atoms with E-state index in [0.717, 1.165) is 6.29 Å². The summed E-state index contributed by atoms with van der Waals surface area (Å²) in [5.74, 6) is 0.262. The normalized spacial score (nSPS) is 42.2. The van der Waals surface area contributed by atoms with Crippen molar-refractivity contribution >= 4 is 6.29 Å². The molecule has 2 aliphatic rings. The van der Waals surface area contributed by atoms with Gasteiger partial charge in [-0.15, -0.1) is 0 Å². The number of hydrogen-bond acceptors (Lipinski definition) is 4. The summed E-state index contributed by atoms with van der Waals surface area (Å²) in [4.78, 5) is 10.9. The van der Waals surface area contributed by atoms with E-state index >= 15 is 0 Å². The molecule has 0 bridgehead atoms. The molecule has 2 rings (SSSR count). The predicted molar refractivity (Wildman–Crippen MR) is 57.4 cm³/mol. The highest BCUT2D eigenvalue weighted by atomic mass is 16.7. The second-order valence-corrected chi connectivity index (χ2v) is 4.58. The Hall–Kier alpha value is -0.870. The Balaban J connectivity index is 2.26. The molecule has 0 aromatic carbocycles. The minimum atomic E-state index is -0.455. The molecule has 4 heteroatoms. The average Bonchev–Trinajstić information content (AvgIpc) is 2.56. The van der Waals surface area contributed by atoms with Gasteiger partial charge in [0.15, 0.2) is 0 Å². The van der Waals surface area contributed by atoms with Crippen molar-refractivity contribution in [2.45, 2.75) is 32.7 Å². The van der Waals surface area contributed by atoms with Gasteiger partial charge in [0.1, 0.15) is 6.29 Å². The molecule has 1 N–H and O–H groups in total. The number of aliphatic hydroxyl groups is 1. The zero-order valence-electron chi connectivity index (χ0n) is 9.63. The molecule has 1 fully saturated rings. The SMILES string of the molecule is CCO[C@@H]1OC=C(C=O)[C@@H]2[C@H]1[C@H](C)C[C@H]2O. The van der Waals surface area contributed by atoms with E-state index in [2.05, 4.69) is 6.92 Å². The van der Waals surface area contributed by atoms with Crippen molar-refractivity contribution in [3.05, 3.63) is 11.8 Å². The van der Waals surface area contributed by atoms with Gasteiger partial charge in [-0.1, -0.05) is 6.92 Å². The van der Waals surface area contributed by atoms with Crippen molar-refractivity contribution in [1.29, 1.82) is 0 Å². The highest BCUT2D eigenvalue weighted by Gasteiger charge is 2.49. The molecule has 1 saturated carbocycles. The molecule has 90 valence electrons. The van der Waals surface area contributed by atoms with Gasteiger partial charge in [0, 0.05) is 24.0 Å². The molecule has 0 radical (unpaired) electrons. The van der Waals surface area contributed by atoms with E-state index in [1.54, 1.807) is 0 Å². The molecular formula is C12H18O4.